The molecule has 0 spiro atoms. The first kappa shape index (κ1) is 22.9. The molecule has 0 saturated heterocycles. The first-order chi connectivity index (χ1) is 15.5. The molecule has 170 valence electrons. The van der Waals surface area contributed by atoms with Crippen LogP contribution in [-0.4, -0.2) is 61.0 Å². The van der Waals surface area contributed by atoms with Crippen LogP contribution >= 0.6 is 0 Å². The number of benzene rings is 2. The third-order valence-electron chi connectivity index (χ3n) is 4.38. The van der Waals surface area contributed by atoms with E-state index in [0.717, 1.165) is 5.56 Å². The Balaban J connectivity index is 1.71. The van der Waals surface area contributed by atoms with E-state index in [0.29, 0.717) is 24.3 Å². The minimum absolute atomic E-state index is 0.0758. The maximum absolute atomic E-state index is 10.4. The Kier molecular flexibility index (Phi) is 7.90. The number of phenolic OH excluding ortho intramolecular Hbond substituents is 3. The molecule has 0 bridgehead atoms. The van der Waals surface area contributed by atoms with Gasteiger partial charge in [0.15, 0.2) is 11.5 Å². The van der Waals surface area contributed by atoms with Crippen molar-refractivity contribution in [3.8, 4) is 28.6 Å². The van der Waals surface area contributed by atoms with Crippen LogP contribution in [-0.2, 0) is 14.2 Å². The number of phenols is 3. The SMILES string of the molecule is NC(=O)OCCOCCOCCN=c1cc(-c2ccccc2)oc2cc(O)c(O)c(O)c12. The maximum atomic E-state index is 10.4. The second kappa shape index (κ2) is 11.0. The van der Waals surface area contributed by atoms with Gasteiger partial charge >= 0.3 is 6.09 Å². The number of aromatic hydroxyl groups is 3. The number of hydrogen-bond donors (Lipinski definition) is 4. The quantitative estimate of drug-likeness (QED) is 0.274. The Morgan fingerprint density at radius 2 is 1.62 bits per heavy atom. The molecule has 2 aromatic carbocycles. The van der Waals surface area contributed by atoms with E-state index in [1.807, 2.05) is 30.3 Å². The lowest BCUT2D eigenvalue weighted by Crippen LogP contribution is -2.17. The van der Waals surface area contributed by atoms with E-state index in [-0.39, 0.29) is 37.3 Å². The van der Waals surface area contributed by atoms with Crippen molar-refractivity contribution in [2.75, 3.05) is 39.6 Å². The van der Waals surface area contributed by atoms with Crippen LogP contribution in [0.25, 0.3) is 22.3 Å². The molecule has 0 atom stereocenters. The number of ether oxygens (including phenoxy) is 3. The predicted molar refractivity (Wildman–Crippen MR) is 114 cm³/mol. The number of nitrogens with two attached hydrogens (primary N) is 1. The average molecular weight is 444 g/mol. The van der Waals surface area contributed by atoms with E-state index in [2.05, 4.69) is 9.73 Å². The molecular weight excluding hydrogens is 420 g/mol. The van der Waals surface area contributed by atoms with Crippen molar-refractivity contribution in [1.82, 2.24) is 0 Å². The Bertz CT molecular complexity index is 1130. The zero-order valence-electron chi connectivity index (χ0n) is 17.2. The van der Waals surface area contributed by atoms with Crippen molar-refractivity contribution in [3.05, 3.63) is 47.8 Å². The molecule has 32 heavy (non-hydrogen) atoms. The lowest BCUT2D eigenvalue weighted by molar-refractivity contribution is 0.0313. The summed E-state index contributed by atoms with van der Waals surface area (Å²) in [6.07, 6.45) is -0.849. The predicted octanol–water partition coefficient (Wildman–Crippen LogP) is 2.25. The molecule has 0 aliphatic heterocycles. The number of nitrogens with zero attached hydrogens (tertiary/aromatic N) is 1. The maximum Gasteiger partial charge on any atom is 0.404 e. The highest BCUT2D eigenvalue weighted by molar-refractivity contribution is 5.89. The lowest BCUT2D eigenvalue weighted by atomic mass is 10.1. The molecule has 0 saturated carbocycles. The molecule has 3 rings (SSSR count). The Morgan fingerprint density at radius 1 is 0.938 bits per heavy atom. The second-order valence-electron chi connectivity index (χ2n) is 6.60. The lowest BCUT2D eigenvalue weighted by Gasteiger charge is -2.09. The number of primary amides is 1. The minimum Gasteiger partial charge on any atom is -0.504 e. The van der Waals surface area contributed by atoms with E-state index >= 15 is 0 Å². The third kappa shape index (κ3) is 5.90. The summed E-state index contributed by atoms with van der Waals surface area (Å²) in [6.45, 7) is 1.45. The first-order valence-electron chi connectivity index (χ1n) is 9.82. The Morgan fingerprint density at radius 3 is 2.34 bits per heavy atom. The molecule has 1 amide bonds. The number of carbonyl (C=O) groups is 1. The van der Waals surface area contributed by atoms with Crippen molar-refractivity contribution in [3.63, 3.8) is 0 Å². The molecule has 0 unspecified atom stereocenters. The first-order valence-corrected chi connectivity index (χ1v) is 9.82. The van der Waals surface area contributed by atoms with Crippen LogP contribution in [0.15, 0.2) is 51.9 Å². The summed E-state index contributed by atoms with van der Waals surface area (Å²) in [7, 11) is 0. The number of hydrogen-bond acceptors (Lipinski definition) is 9. The highest BCUT2D eigenvalue weighted by Crippen LogP contribution is 2.40. The molecule has 0 aliphatic rings. The zero-order chi connectivity index (χ0) is 22.9. The summed E-state index contributed by atoms with van der Waals surface area (Å²) in [6, 6.07) is 12.2. The monoisotopic (exact) mass is 444 g/mol. The normalized spacial score (nSPS) is 11.7. The molecule has 10 heteroatoms. The fourth-order valence-corrected chi connectivity index (χ4v) is 2.92. The minimum atomic E-state index is -0.849. The molecule has 5 N–H and O–H groups in total. The van der Waals surface area contributed by atoms with Gasteiger partial charge in [-0.3, -0.25) is 4.99 Å². The molecule has 1 heterocycles. The number of fused-ring (bicyclic) bond motifs is 1. The molecular formula is C22H24N2O8. The van der Waals surface area contributed by atoms with Gasteiger partial charge in [-0.2, -0.15) is 0 Å². The van der Waals surface area contributed by atoms with E-state index in [1.165, 1.54) is 6.07 Å². The van der Waals surface area contributed by atoms with Gasteiger partial charge in [-0.05, 0) is 0 Å². The van der Waals surface area contributed by atoms with Gasteiger partial charge in [0.05, 0.1) is 43.7 Å². The van der Waals surface area contributed by atoms with Gasteiger partial charge < -0.3 is 39.7 Å². The molecule has 3 aromatic rings. The summed E-state index contributed by atoms with van der Waals surface area (Å²) in [5.41, 5.74) is 5.79. The highest BCUT2D eigenvalue weighted by atomic mass is 16.6. The summed E-state index contributed by atoms with van der Waals surface area (Å²) < 4.78 is 21.1. The van der Waals surface area contributed by atoms with Gasteiger partial charge in [0.25, 0.3) is 0 Å². The van der Waals surface area contributed by atoms with Crippen LogP contribution in [0, 0.1) is 0 Å². The smallest absolute Gasteiger partial charge is 0.404 e. The molecule has 0 radical (unpaired) electrons. The van der Waals surface area contributed by atoms with Crippen LogP contribution in [0.5, 0.6) is 17.2 Å². The molecule has 0 aliphatic carbocycles. The number of rotatable bonds is 10. The van der Waals surface area contributed by atoms with E-state index < -0.39 is 23.3 Å². The van der Waals surface area contributed by atoms with Crippen molar-refractivity contribution in [2.45, 2.75) is 0 Å². The van der Waals surface area contributed by atoms with Gasteiger partial charge in [0.2, 0.25) is 5.75 Å². The van der Waals surface area contributed by atoms with Crippen LogP contribution in [0.4, 0.5) is 4.79 Å². The third-order valence-corrected chi connectivity index (χ3v) is 4.38. The van der Waals surface area contributed by atoms with Crippen LogP contribution in [0.1, 0.15) is 0 Å². The second-order valence-corrected chi connectivity index (χ2v) is 6.60. The largest absolute Gasteiger partial charge is 0.504 e. The topological polar surface area (TPSA) is 157 Å². The van der Waals surface area contributed by atoms with Gasteiger partial charge in [-0.15, -0.1) is 0 Å². The van der Waals surface area contributed by atoms with E-state index in [9.17, 15) is 20.1 Å². The fraction of sp³-hybridized carbons (Fsp3) is 0.273. The van der Waals surface area contributed by atoms with Gasteiger partial charge in [-0.25, -0.2) is 4.79 Å². The molecule has 1 aromatic heterocycles. The summed E-state index contributed by atoms with van der Waals surface area (Å²) >= 11 is 0. The van der Waals surface area contributed by atoms with Gasteiger partial charge in [-0.1, -0.05) is 30.3 Å². The number of carbonyl (C=O) groups excluding carboxylic acids is 1. The van der Waals surface area contributed by atoms with Crippen molar-refractivity contribution in [1.29, 1.82) is 0 Å². The molecule has 0 fully saturated rings. The van der Waals surface area contributed by atoms with Gasteiger partial charge in [0, 0.05) is 17.7 Å². The zero-order valence-corrected chi connectivity index (χ0v) is 17.2. The number of amides is 1. The standard InChI is InChI=1S/C22H24N2O8/c23-22(28)31-11-10-30-9-8-29-7-6-24-15-12-17(14-4-2-1-3-5-14)32-18-13-16(25)20(26)21(27)19(15)18/h1-5,12-13,25-27H,6-11H2,(H2,23,28). The van der Waals surface area contributed by atoms with E-state index in [4.69, 9.17) is 19.6 Å². The average Bonchev–Trinajstić information content (AvgIpc) is 2.78. The summed E-state index contributed by atoms with van der Waals surface area (Å²) in [5, 5.41) is 30.7. The van der Waals surface area contributed by atoms with Crippen molar-refractivity contribution >= 4 is 17.1 Å². The Labute approximate surface area is 183 Å². The highest BCUT2D eigenvalue weighted by Gasteiger charge is 2.16. The van der Waals surface area contributed by atoms with Crippen molar-refractivity contribution < 1.29 is 38.7 Å². The van der Waals surface area contributed by atoms with E-state index in [1.54, 1.807) is 6.07 Å². The molecule has 10 nitrogen and oxygen atoms in total. The summed E-state index contributed by atoms with van der Waals surface area (Å²) in [4.78, 5) is 14.9. The summed E-state index contributed by atoms with van der Waals surface area (Å²) in [5.74, 6) is -1.19. The fourth-order valence-electron chi connectivity index (χ4n) is 2.92. The van der Waals surface area contributed by atoms with Crippen molar-refractivity contribution in [2.24, 2.45) is 10.7 Å². The van der Waals surface area contributed by atoms with Crippen LogP contribution in [0.2, 0.25) is 0 Å². The van der Waals surface area contributed by atoms with Crippen LogP contribution < -0.4 is 11.1 Å². The van der Waals surface area contributed by atoms with Crippen LogP contribution in [0.3, 0.4) is 0 Å². The Hall–Kier alpha value is -3.76. The van der Waals surface area contributed by atoms with Gasteiger partial charge in [0.1, 0.15) is 18.0 Å².